The molecule has 0 bridgehead atoms. The van der Waals surface area contributed by atoms with Gasteiger partial charge in [-0.05, 0) is 0 Å². The van der Waals surface area contributed by atoms with Crippen molar-refractivity contribution in [1.29, 1.82) is 0 Å². The van der Waals surface area contributed by atoms with Gasteiger partial charge < -0.3 is 0 Å². The first-order valence-corrected chi connectivity index (χ1v) is 0.218. The summed E-state index contributed by atoms with van der Waals surface area (Å²) in [7, 11) is 0. The van der Waals surface area contributed by atoms with E-state index in [1.807, 2.05) is 0 Å². The Morgan fingerprint density at radius 3 is 1.25 bits per heavy atom. The predicted octanol–water partition coefficient (Wildman–Crippen LogP) is -1.47. The Kier molecular flexibility index (Phi) is 79.6. The topological polar surface area (TPSA) is 26.0 Å². The van der Waals surface area contributed by atoms with Crippen LogP contribution in [0.15, 0.2) is 0 Å². The molecular weight excluding hydrogens is 79.0 g/mol. The van der Waals surface area contributed by atoms with Gasteiger partial charge in [0.15, 0.2) is 0 Å². The van der Waals surface area contributed by atoms with Crippen molar-refractivity contribution in [3.05, 3.63) is 0 Å². The summed E-state index contributed by atoms with van der Waals surface area (Å²) in [6, 6.07) is 0. The van der Waals surface area contributed by atoms with Crippen LogP contribution in [-0.2, 0) is 0 Å². The zero-order chi connectivity index (χ0) is 2.00. The van der Waals surface area contributed by atoms with Gasteiger partial charge in [-0.3, -0.25) is 0 Å². The van der Waals surface area contributed by atoms with Crippen LogP contribution >= 0.6 is 0 Å². The van der Waals surface area contributed by atoms with Crippen LogP contribution in [0.5, 0.6) is 0 Å². The second kappa shape index (κ2) is 19.3. The molecule has 0 aliphatic rings. The van der Waals surface area contributed by atoms with E-state index in [2.05, 4.69) is 5.96 Å². The fourth-order valence-electron chi connectivity index (χ4n) is 0. The number of hydrogen-bond donors (Lipinski definition) is 1. The average Bonchev–Trinajstić information content (AvgIpc) is 1.00. The molecule has 0 aromatic rings. The van der Waals surface area contributed by atoms with Gasteiger partial charge in [-0.1, -0.05) is 0 Å². The Labute approximate surface area is 79.0 Å². The molecule has 0 atom stereocenters. The number of hydrogen-bond acceptors (Lipinski definition) is 1. The maximum absolute atomic E-state index is 9.00. The minimum atomic E-state index is 0. The molecule has 4 heteroatoms. The molecule has 2 N–H and O–H groups in total. The quantitative estimate of drug-likeness (QED) is 0.281. The van der Waals surface area contributed by atoms with E-state index in [9.17, 15) is 0 Å². The fourth-order valence-corrected chi connectivity index (χ4v) is 0. The van der Waals surface area contributed by atoms with Crippen molar-refractivity contribution in [2.75, 3.05) is 0 Å². The van der Waals surface area contributed by atoms with Crippen molar-refractivity contribution in [3.63, 3.8) is 0 Å². The van der Waals surface area contributed by atoms with Gasteiger partial charge in [0.25, 0.3) is 0 Å². The fraction of sp³-hybridized carbons (Fsp3) is 0. The molecule has 0 aliphatic heterocycles. The van der Waals surface area contributed by atoms with Gasteiger partial charge in [-0.25, -0.2) is 0 Å². The Morgan fingerprint density at radius 1 is 1.25 bits per heavy atom. The third-order valence-electron chi connectivity index (χ3n) is 0. The SMILES string of the molecule is NF.[KH].[LiH]. The molecule has 0 unspecified atom stereocenters. The first-order valence-electron chi connectivity index (χ1n) is 0.218. The molecule has 0 aromatic heterocycles. The number of halogens is 1. The molecule has 1 nitrogen and oxygen atoms in total. The van der Waals surface area contributed by atoms with E-state index in [0.29, 0.717) is 0 Å². The minimum absolute atomic E-state index is 0. The number of nitrogens with two attached hydrogens (primary N) is 1. The molecule has 0 fully saturated rings. The summed E-state index contributed by atoms with van der Waals surface area (Å²) in [5.74, 6) is 3.00. The molecule has 0 aromatic carbocycles. The van der Waals surface area contributed by atoms with E-state index < -0.39 is 0 Å². The standard InChI is InChI=1S/FH2N.K.Li.2H/c1-2;;;;/h2H2;;;;. The summed E-state index contributed by atoms with van der Waals surface area (Å²) in [6.07, 6.45) is 0. The molecule has 0 aliphatic carbocycles. The molecule has 18 valence electrons. The van der Waals surface area contributed by atoms with E-state index in [4.69, 9.17) is 4.48 Å². The maximum atomic E-state index is 9.00. The van der Waals surface area contributed by atoms with E-state index in [1.54, 1.807) is 0 Å². The first kappa shape index (κ1) is 16.5. The van der Waals surface area contributed by atoms with Crippen LogP contribution in [0, 0.1) is 0 Å². The van der Waals surface area contributed by atoms with Crippen molar-refractivity contribution in [2.24, 2.45) is 5.96 Å². The van der Waals surface area contributed by atoms with Crippen molar-refractivity contribution >= 4 is 70.2 Å². The summed E-state index contributed by atoms with van der Waals surface area (Å²) in [5, 5.41) is 0. The second-order valence-electron chi connectivity index (χ2n) is 0. The van der Waals surface area contributed by atoms with Gasteiger partial charge in [-0.2, -0.15) is 5.96 Å². The number of rotatable bonds is 0. The van der Waals surface area contributed by atoms with Gasteiger partial charge in [0, 0.05) is 0 Å². The summed E-state index contributed by atoms with van der Waals surface area (Å²) >= 11 is 0. The monoisotopic (exact) mass is 83.0 g/mol. The Hall–Kier alpha value is 2.12. The second-order valence-corrected chi connectivity index (χ2v) is 0. The molecule has 0 saturated heterocycles. The van der Waals surface area contributed by atoms with E-state index in [-0.39, 0.29) is 70.2 Å². The van der Waals surface area contributed by atoms with Gasteiger partial charge >= 0.3 is 70.2 Å². The molecule has 0 saturated carbocycles. The Bertz CT molecular complexity index is 8.00. The van der Waals surface area contributed by atoms with Crippen LogP contribution in [0.1, 0.15) is 0 Å². The van der Waals surface area contributed by atoms with Crippen molar-refractivity contribution < 1.29 is 4.48 Å². The Morgan fingerprint density at radius 2 is 1.25 bits per heavy atom. The first-order chi connectivity index (χ1) is 1.00. The van der Waals surface area contributed by atoms with Gasteiger partial charge in [0.2, 0.25) is 0 Å². The molecule has 0 heterocycles. The van der Waals surface area contributed by atoms with Crippen LogP contribution in [0.2, 0.25) is 0 Å². The summed E-state index contributed by atoms with van der Waals surface area (Å²) < 4.78 is 9.00. The summed E-state index contributed by atoms with van der Waals surface area (Å²) in [5.41, 5.74) is 0. The van der Waals surface area contributed by atoms with Crippen molar-refractivity contribution in [2.45, 2.75) is 0 Å². The molecular formula is H4FKLiN. The van der Waals surface area contributed by atoms with E-state index in [1.165, 1.54) is 0 Å². The van der Waals surface area contributed by atoms with Gasteiger partial charge in [0.1, 0.15) is 0 Å². The van der Waals surface area contributed by atoms with Crippen molar-refractivity contribution in [3.8, 4) is 0 Å². The molecule has 0 spiro atoms. The third-order valence-corrected chi connectivity index (χ3v) is 0. The van der Waals surface area contributed by atoms with E-state index in [0.717, 1.165) is 0 Å². The third kappa shape index (κ3) is 8.92. The van der Waals surface area contributed by atoms with Crippen LogP contribution in [-0.4, -0.2) is 70.2 Å². The van der Waals surface area contributed by atoms with Gasteiger partial charge in [0.05, 0.1) is 0 Å². The molecule has 0 radical (unpaired) electrons. The average molecular weight is 83.1 g/mol. The molecule has 4 heavy (non-hydrogen) atoms. The van der Waals surface area contributed by atoms with Crippen LogP contribution in [0.3, 0.4) is 0 Å². The summed E-state index contributed by atoms with van der Waals surface area (Å²) in [6.45, 7) is 0. The normalized spacial score (nSPS) is 1.50. The zero-order valence-electron chi connectivity index (χ0n) is 0.955. The predicted molar refractivity (Wildman–Crippen MR) is 19.6 cm³/mol. The van der Waals surface area contributed by atoms with Crippen LogP contribution in [0.4, 0.5) is 4.48 Å². The van der Waals surface area contributed by atoms with Crippen molar-refractivity contribution in [1.82, 2.24) is 0 Å². The van der Waals surface area contributed by atoms with Crippen LogP contribution in [0.25, 0.3) is 0 Å². The molecule has 0 amide bonds. The molecule has 0 rings (SSSR count). The van der Waals surface area contributed by atoms with Gasteiger partial charge in [-0.15, -0.1) is 4.48 Å². The Balaban J connectivity index is -0.00000000500. The zero-order valence-corrected chi connectivity index (χ0v) is 0.955. The summed E-state index contributed by atoms with van der Waals surface area (Å²) in [4.78, 5) is 0. The van der Waals surface area contributed by atoms with Crippen LogP contribution < -0.4 is 5.96 Å². The van der Waals surface area contributed by atoms with E-state index >= 15 is 0 Å².